The molecule has 5 heteroatoms. The fourth-order valence-electron chi connectivity index (χ4n) is 2.38. The third kappa shape index (κ3) is 2.38. The third-order valence-corrected chi connectivity index (χ3v) is 3.77. The van der Waals surface area contributed by atoms with Crippen molar-refractivity contribution in [1.82, 2.24) is 0 Å². The minimum atomic E-state index is -0.226. The van der Waals surface area contributed by atoms with Crippen LogP contribution in [-0.4, -0.2) is 25.4 Å². The van der Waals surface area contributed by atoms with Crippen molar-refractivity contribution < 1.29 is 9.59 Å². The minimum Gasteiger partial charge on any atom is -0.313 e. The first-order valence-electron chi connectivity index (χ1n) is 6.51. The maximum absolute atomic E-state index is 12.8. The first-order chi connectivity index (χ1) is 10.1. The van der Waals surface area contributed by atoms with Crippen LogP contribution in [0.5, 0.6) is 0 Å². The van der Waals surface area contributed by atoms with Gasteiger partial charge in [0.25, 0.3) is 5.91 Å². The van der Waals surface area contributed by atoms with Gasteiger partial charge in [0.1, 0.15) is 6.54 Å². The van der Waals surface area contributed by atoms with Gasteiger partial charge in [-0.2, -0.15) is 0 Å². The highest BCUT2D eigenvalue weighted by molar-refractivity contribution is 6.31. The largest absolute Gasteiger partial charge is 0.313 e. The van der Waals surface area contributed by atoms with Crippen LogP contribution in [-0.2, 0) is 4.79 Å². The second-order valence-electron chi connectivity index (χ2n) is 4.84. The summed E-state index contributed by atoms with van der Waals surface area (Å²) < 4.78 is 0. The van der Waals surface area contributed by atoms with E-state index in [1.54, 1.807) is 37.4 Å². The number of hydrogen-bond acceptors (Lipinski definition) is 2. The zero-order chi connectivity index (χ0) is 15.0. The number of anilines is 2. The number of para-hydroxylation sites is 1. The Balaban J connectivity index is 2.15. The third-order valence-electron chi connectivity index (χ3n) is 3.53. The van der Waals surface area contributed by atoms with Gasteiger partial charge in [-0.1, -0.05) is 29.8 Å². The van der Waals surface area contributed by atoms with Gasteiger partial charge >= 0.3 is 0 Å². The Morgan fingerprint density at radius 1 is 1.05 bits per heavy atom. The van der Waals surface area contributed by atoms with Crippen LogP contribution in [0.3, 0.4) is 0 Å². The maximum Gasteiger partial charge on any atom is 0.260 e. The molecule has 2 aromatic carbocycles. The van der Waals surface area contributed by atoms with Crippen LogP contribution in [0, 0.1) is 0 Å². The molecule has 1 aliphatic rings. The van der Waals surface area contributed by atoms with Gasteiger partial charge in [-0.3, -0.25) is 14.5 Å². The van der Waals surface area contributed by atoms with E-state index in [4.69, 9.17) is 11.6 Å². The number of halogens is 1. The summed E-state index contributed by atoms with van der Waals surface area (Å²) in [6.45, 7) is 0.00560. The van der Waals surface area contributed by atoms with E-state index in [0.29, 0.717) is 22.0 Å². The molecule has 0 radical (unpaired) electrons. The molecule has 1 heterocycles. The molecule has 2 aromatic rings. The van der Waals surface area contributed by atoms with Crippen molar-refractivity contribution in [3.05, 3.63) is 59.1 Å². The normalized spacial score (nSPS) is 15.0. The molecule has 21 heavy (non-hydrogen) atoms. The Kier molecular flexibility index (Phi) is 3.39. The van der Waals surface area contributed by atoms with E-state index in [1.807, 2.05) is 18.2 Å². The van der Waals surface area contributed by atoms with Crippen LogP contribution in [0.1, 0.15) is 10.4 Å². The van der Waals surface area contributed by atoms with Crippen molar-refractivity contribution in [2.24, 2.45) is 0 Å². The van der Waals surface area contributed by atoms with Crippen molar-refractivity contribution >= 4 is 34.8 Å². The monoisotopic (exact) mass is 300 g/mol. The highest BCUT2D eigenvalue weighted by Crippen LogP contribution is 2.29. The number of carbonyl (C=O) groups is 2. The van der Waals surface area contributed by atoms with Crippen molar-refractivity contribution in [3.63, 3.8) is 0 Å². The van der Waals surface area contributed by atoms with Crippen molar-refractivity contribution in [1.29, 1.82) is 0 Å². The zero-order valence-corrected chi connectivity index (χ0v) is 12.2. The van der Waals surface area contributed by atoms with Crippen LogP contribution < -0.4 is 9.80 Å². The summed E-state index contributed by atoms with van der Waals surface area (Å²) >= 11 is 6.00. The summed E-state index contributed by atoms with van der Waals surface area (Å²) in [6.07, 6.45) is 0. The molecule has 0 saturated heterocycles. The Hall–Kier alpha value is -2.33. The minimum absolute atomic E-state index is 0.00560. The number of hydrogen-bond donors (Lipinski definition) is 0. The number of benzene rings is 2. The van der Waals surface area contributed by atoms with Gasteiger partial charge in [0.05, 0.1) is 11.3 Å². The molecule has 3 rings (SSSR count). The molecule has 0 unspecified atom stereocenters. The first kappa shape index (κ1) is 13.6. The molecule has 1 aliphatic heterocycles. The second kappa shape index (κ2) is 5.22. The summed E-state index contributed by atoms with van der Waals surface area (Å²) in [6, 6.07) is 14.1. The van der Waals surface area contributed by atoms with Gasteiger partial charge in [0, 0.05) is 17.8 Å². The number of fused-ring (bicyclic) bond motifs is 1. The predicted octanol–water partition coefficient (Wildman–Crippen LogP) is 2.96. The molecule has 0 N–H and O–H groups in total. The lowest BCUT2D eigenvalue weighted by atomic mass is 10.1. The molecule has 0 bridgehead atoms. The quantitative estimate of drug-likeness (QED) is 0.812. The van der Waals surface area contributed by atoms with E-state index < -0.39 is 0 Å². The topological polar surface area (TPSA) is 40.6 Å². The van der Waals surface area contributed by atoms with Gasteiger partial charge in [0.15, 0.2) is 0 Å². The number of carbonyl (C=O) groups excluding carboxylic acids is 2. The number of rotatable bonds is 1. The predicted molar refractivity (Wildman–Crippen MR) is 83.0 cm³/mol. The Bertz CT molecular complexity index is 715. The van der Waals surface area contributed by atoms with Gasteiger partial charge in [-0.05, 0) is 30.3 Å². The van der Waals surface area contributed by atoms with E-state index in [9.17, 15) is 9.59 Å². The Morgan fingerprint density at radius 2 is 1.76 bits per heavy atom. The molecule has 0 fully saturated rings. The molecule has 0 atom stereocenters. The van der Waals surface area contributed by atoms with E-state index >= 15 is 0 Å². The maximum atomic E-state index is 12.8. The number of nitrogens with zero attached hydrogens (tertiary/aromatic N) is 2. The van der Waals surface area contributed by atoms with Crippen LogP contribution >= 0.6 is 11.6 Å². The molecular formula is C16H13ClN2O2. The van der Waals surface area contributed by atoms with Crippen LogP contribution in [0.15, 0.2) is 48.5 Å². The summed E-state index contributed by atoms with van der Waals surface area (Å²) in [4.78, 5) is 28.0. The van der Waals surface area contributed by atoms with E-state index in [0.717, 1.165) is 0 Å². The molecule has 0 aliphatic carbocycles. The van der Waals surface area contributed by atoms with E-state index in [-0.39, 0.29) is 18.4 Å². The summed E-state index contributed by atoms with van der Waals surface area (Å²) in [5.41, 5.74) is 1.70. The van der Waals surface area contributed by atoms with Gasteiger partial charge in [0.2, 0.25) is 5.91 Å². The second-order valence-corrected chi connectivity index (χ2v) is 5.28. The van der Waals surface area contributed by atoms with Gasteiger partial charge < -0.3 is 4.90 Å². The smallest absolute Gasteiger partial charge is 0.260 e. The standard InChI is InChI=1S/C16H13ClN2O2/c1-18-14-8-7-11(17)9-13(14)16(21)19(10-15(18)20)12-5-3-2-4-6-12/h2-9H,10H2,1H3. The molecular weight excluding hydrogens is 288 g/mol. The molecule has 0 saturated carbocycles. The van der Waals surface area contributed by atoms with E-state index in [2.05, 4.69) is 0 Å². The first-order valence-corrected chi connectivity index (χ1v) is 6.89. The highest BCUT2D eigenvalue weighted by Gasteiger charge is 2.30. The lowest BCUT2D eigenvalue weighted by molar-refractivity contribution is -0.116. The van der Waals surface area contributed by atoms with Crippen molar-refractivity contribution in [2.75, 3.05) is 23.4 Å². The molecule has 0 spiro atoms. The fraction of sp³-hybridized carbons (Fsp3) is 0.125. The number of likely N-dealkylation sites (N-methyl/N-ethyl adjacent to an activating group) is 1. The van der Waals surface area contributed by atoms with Crippen molar-refractivity contribution in [2.45, 2.75) is 0 Å². The Morgan fingerprint density at radius 3 is 2.48 bits per heavy atom. The fourth-order valence-corrected chi connectivity index (χ4v) is 2.55. The molecule has 2 amide bonds. The summed E-state index contributed by atoms with van der Waals surface area (Å²) in [5, 5.41) is 0.470. The van der Waals surface area contributed by atoms with Gasteiger partial charge in [-0.25, -0.2) is 0 Å². The van der Waals surface area contributed by atoms with Crippen LogP contribution in [0.25, 0.3) is 0 Å². The highest BCUT2D eigenvalue weighted by atomic mass is 35.5. The van der Waals surface area contributed by atoms with E-state index in [1.165, 1.54) is 9.80 Å². The SMILES string of the molecule is CN1C(=O)CN(c2ccccc2)C(=O)c2cc(Cl)ccc21. The number of amides is 2. The Labute approximate surface area is 127 Å². The van der Waals surface area contributed by atoms with Crippen LogP contribution in [0.2, 0.25) is 5.02 Å². The zero-order valence-electron chi connectivity index (χ0n) is 11.4. The van der Waals surface area contributed by atoms with Crippen LogP contribution in [0.4, 0.5) is 11.4 Å². The molecule has 4 nitrogen and oxygen atoms in total. The summed E-state index contributed by atoms with van der Waals surface area (Å²) in [5.74, 6) is -0.371. The molecule has 106 valence electrons. The van der Waals surface area contributed by atoms with Crippen molar-refractivity contribution in [3.8, 4) is 0 Å². The lowest BCUT2D eigenvalue weighted by Gasteiger charge is -2.20. The molecule has 0 aromatic heterocycles. The average Bonchev–Trinajstić information content (AvgIpc) is 2.59. The lowest BCUT2D eigenvalue weighted by Crippen LogP contribution is -2.37. The average molecular weight is 301 g/mol. The van der Waals surface area contributed by atoms with Gasteiger partial charge in [-0.15, -0.1) is 0 Å². The summed E-state index contributed by atoms with van der Waals surface area (Å²) in [7, 11) is 1.66.